The summed E-state index contributed by atoms with van der Waals surface area (Å²) in [6, 6.07) is 10.8. The SMILES string of the molecule is Cc1ccc(S(=O)(=O)N(C)[C@H](Cc2cccc(C)c2C)C(=O)O)cc1. The fourth-order valence-corrected chi connectivity index (χ4v) is 3.97. The van der Waals surface area contributed by atoms with Gasteiger partial charge in [0.1, 0.15) is 6.04 Å². The third-order valence-corrected chi connectivity index (χ3v) is 6.43. The summed E-state index contributed by atoms with van der Waals surface area (Å²) in [4.78, 5) is 11.9. The number of carbonyl (C=O) groups is 1. The number of likely N-dealkylation sites (N-methyl/N-ethyl adjacent to an activating group) is 1. The van der Waals surface area contributed by atoms with Crippen LogP contribution in [-0.2, 0) is 21.2 Å². The Morgan fingerprint density at radius 2 is 1.68 bits per heavy atom. The number of carboxylic acids is 1. The number of nitrogens with zero attached hydrogens (tertiary/aromatic N) is 1. The Bertz CT molecular complexity index is 873. The number of rotatable bonds is 6. The molecule has 2 rings (SSSR count). The molecule has 0 spiro atoms. The highest BCUT2D eigenvalue weighted by molar-refractivity contribution is 7.89. The lowest BCUT2D eigenvalue weighted by atomic mass is 9.98. The van der Waals surface area contributed by atoms with Crippen molar-refractivity contribution < 1.29 is 18.3 Å². The largest absolute Gasteiger partial charge is 0.480 e. The first-order valence-electron chi connectivity index (χ1n) is 7.97. The molecule has 0 radical (unpaired) electrons. The second-order valence-electron chi connectivity index (χ2n) is 6.25. The first kappa shape index (κ1) is 19.1. The fourth-order valence-electron chi connectivity index (χ4n) is 2.66. The van der Waals surface area contributed by atoms with E-state index < -0.39 is 22.0 Å². The molecule has 0 saturated carbocycles. The van der Waals surface area contributed by atoms with E-state index in [9.17, 15) is 18.3 Å². The van der Waals surface area contributed by atoms with Crippen molar-refractivity contribution >= 4 is 16.0 Å². The summed E-state index contributed by atoms with van der Waals surface area (Å²) >= 11 is 0. The van der Waals surface area contributed by atoms with Gasteiger partial charge in [-0.25, -0.2) is 8.42 Å². The second kappa shape index (κ2) is 7.37. The number of hydrogen-bond acceptors (Lipinski definition) is 3. The molecule has 0 heterocycles. The summed E-state index contributed by atoms with van der Waals surface area (Å²) in [7, 11) is -2.57. The van der Waals surface area contributed by atoms with Crippen molar-refractivity contribution in [1.82, 2.24) is 4.31 Å². The number of hydrogen-bond donors (Lipinski definition) is 1. The molecule has 5 nitrogen and oxygen atoms in total. The van der Waals surface area contributed by atoms with Crippen molar-refractivity contribution in [3.05, 3.63) is 64.7 Å². The summed E-state index contributed by atoms with van der Waals surface area (Å²) in [6.45, 7) is 5.72. The van der Waals surface area contributed by atoms with Crippen LogP contribution in [0.4, 0.5) is 0 Å². The quantitative estimate of drug-likeness (QED) is 0.858. The van der Waals surface area contributed by atoms with Crippen LogP contribution in [0.15, 0.2) is 47.4 Å². The molecule has 2 aromatic carbocycles. The van der Waals surface area contributed by atoms with Gasteiger partial charge in [0.2, 0.25) is 10.0 Å². The van der Waals surface area contributed by atoms with E-state index in [0.717, 1.165) is 26.6 Å². The second-order valence-corrected chi connectivity index (χ2v) is 8.25. The number of carboxylic acid groups (broad SMARTS) is 1. The summed E-state index contributed by atoms with van der Waals surface area (Å²) in [5, 5.41) is 9.61. The zero-order chi connectivity index (χ0) is 18.8. The fraction of sp³-hybridized carbons (Fsp3) is 0.316. The third kappa shape index (κ3) is 4.08. The van der Waals surface area contributed by atoms with Gasteiger partial charge in [-0.1, -0.05) is 35.9 Å². The molecule has 1 atom stereocenters. The van der Waals surface area contributed by atoms with E-state index in [1.54, 1.807) is 12.1 Å². The van der Waals surface area contributed by atoms with Gasteiger partial charge in [-0.05, 0) is 56.0 Å². The van der Waals surface area contributed by atoms with Gasteiger partial charge in [0.15, 0.2) is 0 Å². The van der Waals surface area contributed by atoms with Crippen LogP contribution in [0.25, 0.3) is 0 Å². The van der Waals surface area contributed by atoms with Crippen molar-refractivity contribution in [3.63, 3.8) is 0 Å². The highest BCUT2D eigenvalue weighted by atomic mass is 32.2. The molecule has 0 aliphatic rings. The van der Waals surface area contributed by atoms with E-state index in [1.807, 2.05) is 39.0 Å². The van der Waals surface area contributed by atoms with Gasteiger partial charge in [-0.15, -0.1) is 0 Å². The average Bonchev–Trinajstić information content (AvgIpc) is 2.55. The first-order chi connectivity index (χ1) is 11.6. The molecule has 6 heteroatoms. The van der Waals surface area contributed by atoms with E-state index in [-0.39, 0.29) is 11.3 Å². The van der Waals surface area contributed by atoms with E-state index >= 15 is 0 Å². The number of aliphatic carboxylic acids is 1. The standard InChI is InChI=1S/C19H23NO4S/c1-13-8-10-17(11-9-13)25(23,24)20(4)18(19(21)22)12-16-7-5-6-14(2)15(16)3/h5-11,18H,12H2,1-4H3,(H,21,22)/t18-/m1/s1. The van der Waals surface area contributed by atoms with Gasteiger partial charge in [0.05, 0.1) is 4.90 Å². The summed E-state index contributed by atoms with van der Waals surface area (Å²) < 4.78 is 26.5. The van der Waals surface area contributed by atoms with Crippen LogP contribution in [0.1, 0.15) is 22.3 Å². The van der Waals surface area contributed by atoms with Crippen LogP contribution < -0.4 is 0 Å². The summed E-state index contributed by atoms with van der Waals surface area (Å²) in [5.74, 6) is -1.17. The Labute approximate surface area is 149 Å². The van der Waals surface area contributed by atoms with Gasteiger partial charge in [0, 0.05) is 7.05 Å². The van der Waals surface area contributed by atoms with Crippen LogP contribution in [0.5, 0.6) is 0 Å². The maximum absolute atomic E-state index is 12.8. The number of benzene rings is 2. The first-order valence-corrected chi connectivity index (χ1v) is 9.41. The van der Waals surface area contributed by atoms with Crippen molar-refractivity contribution in [2.24, 2.45) is 0 Å². The monoisotopic (exact) mass is 361 g/mol. The Morgan fingerprint density at radius 1 is 1.08 bits per heavy atom. The van der Waals surface area contributed by atoms with Gasteiger partial charge >= 0.3 is 5.97 Å². The highest BCUT2D eigenvalue weighted by Gasteiger charge is 2.33. The number of sulfonamides is 1. The molecule has 0 aromatic heterocycles. The van der Waals surface area contributed by atoms with Crippen molar-refractivity contribution in [3.8, 4) is 0 Å². The Hall–Kier alpha value is -2.18. The lowest BCUT2D eigenvalue weighted by molar-refractivity contribution is -0.141. The van der Waals surface area contributed by atoms with Gasteiger partial charge < -0.3 is 5.11 Å². The molecular formula is C19H23NO4S. The molecule has 0 fully saturated rings. The lowest BCUT2D eigenvalue weighted by Crippen LogP contribution is -2.43. The third-order valence-electron chi connectivity index (χ3n) is 4.55. The normalized spacial score (nSPS) is 13.0. The minimum absolute atomic E-state index is 0.0906. The van der Waals surface area contributed by atoms with Crippen LogP contribution in [0, 0.1) is 20.8 Å². The van der Waals surface area contributed by atoms with Crippen molar-refractivity contribution in [1.29, 1.82) is 0 Å². The lowest BCUT2D eigenvalue weighted by Gasteiger charge is -2.25. The van der Waals surface area contributed by atoms with Gasteiger partial charge in [-0.2, -0.15) is 4.31 Å². The van der Waals surface area contributed by atoms with Crippen LogP contribution in [0.2, 0.25) is 0 Å². The summed E-state index contributed by atoms with van der Waals surface area (Å²) in [6.07, 6.45) is 0.116. The molecule has 0 unspecified atom stereocenters. The van der Waals surface area contributed by atoms with Crippen LogP contribution in [-0.4, -0.2) is 36.9 Å². The predicted molar refractivity (Wildman–Crippen MR) is 97.2 cm³/mol. The van der Waals surface area contributed by atoms with E-state index in [1.165, 1.54) is 19.2 Å². The highest BCUT2D eigenvalue weighted by Crippen LogP contribution is 2.21. The molecule has 2 aromatic rings. The Morgan fingerprint density at radius 3 is 2.24 bits per heavy atom. The topological polar surface area (TPSA) is 74.7 Å². The molecule has 0 saturated heterocycles. The minimum Gasteiger partial charge on any atom is -0.480 e. The molecule has 0 bridgehead atoms. The zero-order valence-corrected chi connectivity index (χ0v) is 15.7. The molecular weight excluding hydrogens is 338 g/mol. The Balaban J connectivity index is 2.37. The maximum atomic E-state index is 12.8. The van der Waals surface area contributed by atoms with Gasteiger partial charge in [0.25, 0.3) is 0 Å². The molecule has 0 aliphatic heterocycles. The average molecular weight is 361 g/mol. The smallest absolute Gasteiger partial charge is 0.322 e. The molecule has 1 N–H and O–H groups in total. The minimum atomic E-state index is -3.89. The van der Waals surface area contributed by atoms with E-state index in [2.05, 4.69) is 0 Å². The van der Waals surface area contributed by atoms with E-state index in [4.69, 9.17) is 0 Å². The van der Waals surface area contributed by atoms with Crippen LogP contribution in [0.3, 0.4) is 0 Å². The molecule has 0 amide bonds. The zero-order valence-electron chi connectivity index (χ0n) is 14.9. The van der Waals surface area contributed by atoms with Crippen LogP contribution >= 0.6 is 0 Å². The number of aryl methyl sites for hydroxylation is 2. The predicted octanol–water partition coefficient (Wildman–Crippen LogP) is 2.93. The van der Waals surface area contributed by atoms with Gasteiger partial charge in [-0.3, -0.25) is 4.79 Å². The molecule has 134 valence electrons. The Kier molecular flexibility index (Phi) is 5.65. The van der Waals surface area contributed by atoms with E-state index in [0.29, 0.717) is 0 Å². The van der Waals surface area contributed by atoms with Crippen molar-refractivity contribution in [2.45, 2.75) is 38.1 Å². The maximum Gasteiger partial charge on any atom is 0.322 e. The van der Waals surface area contributed by atoms with Crippen molar-refractivity contribution in [2.75, 3.05) is 7.05 Å². The molecule has 25 heavy (non-hydrogen) atoms. The molecule has 0 aliphatic carbocycles. The summed E-state index contributed by atoms with van der Waals surface area (Å²) in [5.41, 5.74) is 3.80.